The largest absolute Gasteiger partial charge is 0.456 e. The first-order valence-corrected chi connectivity index (χ1v) is 8.38. The van der Waals surface area contributed by atoms with Gasteiger partial charge in [-0.05, 0) is 35.7 Å². The first-order chi connectivity index (χ1) is 11.1. The molecular weight excluding hydrogens is 336 g/mol. The van der Waals surface area contributed by atoms with Crippen LogP contribution in [0.5, 0.6) is 0 Å². The van der Waals surface area contributed by atoms with Gasteiger partial charge in [-0.2, -0.15) is 4.80 Å². The Kier molecular flexibility index (Phi) is 4.58. The Morgan fingerprint density at radius 3 is 2.87 bits per heavy atom. The summed E-state index contributed by atoms with van der Waals surface area (Å²) in [5.41, 5.74) is 0. The maximum atomic E-state index is 11.9. The third kappa shape index (κ3) is 3.88. The van der Waals surface area contributed by atoms with Crippen molar-refractivity contribution in [1.29, 1.82) is 0 Å². The van der Waals surface area contributed by atoms with Gasteiger partial charge >= 0.3 is 5.97 Å². The molecule has 0 atom stereocenters. The molecule has 0 N–H and O–H groups in total. The van der Waals surface area contributed by atoms with E-state index in [9.17, 15) is 9.59 Å². The second-order valence-corrected chi connectivity index (χ2v) is 6.85. The number of esters is 1. The molecule has 0 aliphatic rings. The van der Waals surface area contributed by atoms with Crippen molar-refractivity contribution in [3.8, 4) is 10.7 Å². The number of hydrogen-bond donors (Lipinski definition) is 0. The molecule has 0 radical (unpaired) electrons. The summed E-state index contributed by atoms with van der Waals surface area (Å²) in [5.74, 6) is -0.345. The molecule has 3 heterocycles. The number of tetrazole rings is 1. The van der Waals surface area contributed by atoms with Crippen LogP contribution in [-0.2, 0) is 16.1 Å². The minimum absolute atomic E-state index is 0.185. The molecular formula is C14H12N4O3S2. The number of nitrogens with zero attached hydrogens (tertiary/aromatic N) is 4. The van der Waals surface area contributed by atoms with Gasteiger partial charge < -0.3 is 4.74 Å². The molecule has 0 aromatic carbocycles. The zero-order valence-corrected chi connectivity index (χ0v) is 13.8. The summed E-state index contributed by atoms with van der Waals surface area (Å²) in [5, 5.41) is 13.7. The highest BCUT2D eigenvalue weighted by Gasteiger charge is 2.14. The number of ketones is 1. The highest BCUT2D eigenvalue weighted by molar-refractivity contribution is 7.14. The van der Waals surface area contributed by atoms with Gasteiger partial charge in [-0.25, -0.2) is 4.79 Å². The zero-order valence-electron chi connectivity index (χ0n) is 12.1. The van der Waals surface area contributed by atoms with Gasteiger partial charge in [-0.15, -0.1) is 32.9 Å². The van der Waals surface area contributed by atoms with E-state index in [0.717, 1.165) is 14.6 Å². The molecule has 0 unspecified atom stereocenters. The topological polar surface area (TPSA) is 87.0 Å². The smallest absolute Gasteiger partial charge is 0.330 e. The van der Waals surface area contributed by atoms with Crippen LogP contribution in [0.1, 0.15) is 14.5 Å². The first kappa shape index (κ1) is 15.5. The summed E-state index contributed by atoms with van der Waals surface area (Å²) in [7, 11) is 0. The summed E-state index contributed by atoms with van der Waals surface area (Å²) < 4.78 is 4.96. The fourth-order valence-corrected chi connectivity index (χ4v) is 3.22. The summed E-state index contributed by atoms with van der Waals surface area (Å²) in [6, 6.07) is 7.33. The van der Waals surface area contributed by atoms with Crippen LogP contribution in [0.2, 0.25) is 0 Å². The van der Waals surface area contributed by atoms with E-state index in [1.54, 1.807) is 6.07 Å². The lowest BCUT2D eigenvalue weighted by molar-refractivity contribution is -0.143. The molecule has 0 spiro atoms. The molecule has 9 heteroatoms. The number of aryl methyl sites for hydroxylation is 1. The second-order valence-electron chi connectivity index (χ2n) is 4.61. The van der Waals surface area contributed by atoms with E-state index < -0.39 is 5.97 Å². The van der Waals surface area contributed by atoms with E-state index in [4.69, 9.17) is 4.74 Å². The number of rotatable bonds is 6. The van der Waals surface area contributed by atoms with Gasteiger partial charge in [0.05, 0.1) is 9.75 Å². The van der Waals surface area contributed by atoms with Crippen molar-refractivity contribution in [2.24, 2.45) is 0 Å². The van der Waals surface area contributed by atoms with Crippen molar-refractivity contribution in [3.63, 3.8) is 0 Å². The lowest BCUT2D eigenvalue weighted by atomic mass is 10.3. The zero-order chi connectivity index (χ0) is 16.2. The first-order valence-electron chi connectivity index (χ1n) is 6.69. The quantitative estimate of drug-likeness (QED) is 0.501. The lowest BCUT2D eigenvalue weighted by Crippen LogP contribution is -2.19. The van der Waals surface area contributed by atoms with Gasteiger partial charge in [-0.1, -0.05) is 6.07 Å². The highest BCUT2D eigenvalue weighted by atomic mass is 32.1. The Hall–Kier alpha value is -2.39. The number of Topliss-reactive ketones (excluding diaryl/α,β-unsaturated/α-hetero) is 1. The number of ether oxygens (including phenoxy) is 1. The number of carbonyl (C=O) groups excluding carboxylic acids is 2. The van der Waals surface area contributed by atoms with Crippen molar-refractivity contribution in [2.45, 2.75) is 13.5 Å². The molecule has 0 aliphatic carbocycles. The van der Waals surface area contributed by atoms with E-state index in [1.165, 1.54) is 22.7 Å². The second kappa shape index (κ2) is 6.80. The number of hydrogen-bond acceptors (Lipinski definition) is 8. The van der Waals surface area contributed by atoms with E-state index in [1.807, 2.05) is 30.5 Å². The van der Waals surface area contributed by atoms with Gasteiger partial charge in [-0.3, -0.25) is 4.79 Å². The van der Waals surface area contributed by atoms with E-state index >= 15 is 0 Å². The fourth-order valence-electron chi connectivity index (χ4n) is 1.78. The predicted molar refractivity (Wildman–Crippen MR) is 85.5 cm³/mol. The molecule has 118 valence electrons. The van der Waals surface area contributed by atoms with Gasteiger partial charge in [0.15, 0.2) is 13.2 Å². The van der Waals surface area contributed by atoms with Crippen molar-refractivity contribution >= 4 is 34.4 Å². The summed E-state index contributed by atoms with van der Waals surface area (Å²) in [6.45, 7) is 1.44. The molecule has 0 bridgehead atoms. The Bertz CT molecular complexity index is 823. The van der Waals surface area contributed by atoms with Gasteiger partial charge in [0.1, 0.15) is 0 Å². The third-order valence-electron chi connectivity index (χ3n) is 2.84. The number of aromatic nitrogens is 4. The molecule has 7 nitrogen and oxygen atoms in total. The van der Waals surface area contributed by atoms with Crippen molar-refractivity contribution in [1.82, 2.24) is 20.2 Å². The standard InChI is InChI=1S/C14H12N4O3S2/c1-9-4-5-11(23-9)10(19)8-21-13(20)7-18-16-14(15-17-18)12-3-2-6-22-12/h2-6H,7-8H2,1H3. The minimum atomic E-state index is -0.582. The maximum Gasteiger partial charge on any atom is 0.330 e. The monoisotopic (exact) mass is 348 g/mol. The summed E-state index contributed by atoms with van der Waals surface area (Å²) in [4.78, 5) is 27.2. The molecule has 0 fully saturated rings. The van der Waals surface area contributed by atoms with Crippen LogP contribution >= 0.6 is 22.7 Å². The molecule has 3 aromatic rings. The van der Waals surface area contributed by atoms with Crippen LogP contribution in [0.25, 0.3) is 10.7 Å². The van der Waals surface area contributed by atoms with E-state index in [2.05, 4.69) is 15.4 Å². The van der Waals surface area contributed by atoms with Crippen molar-refractivity contribution in [2.75, 3.05) is 6.61 Å². The normalized spacial score (nSPS) is 10.7. The van der Waals surface area contributed by atoms with Crippen LogP contribution in [0.3, 0.4) is 0 Å². The number of carbonyl (C=O) groups is 2. The minimum Gasteiger partial charge on any atom is -0.456 e. The summed E-state index contributed by atoms with van der Waals surface area (Å²) >= 11 is 2.86. The molecule has 0 aliphatic heterocycles. The maximum absolute atomic E-state index is 11.9. The van der Waals surface area contributed by atoms with Crippen molar-refractivity contribution in [3.05, 3.63) is 39.4 Å². The molecule has 0 saturated heterocycles. The van der Waals surface area contributed by atoms with Crippen LogP contribution in [0.4, 0.5) is 0 Å². The Morgan fingerprint density at radius 1 is 1.30 bits per heavy atom. The summed E-state index contributed by atoms with van der Waals surface area (Å²) in [6.07, 6.45) is 0. The molecule has 3 aromatic heterocycles. The van der Waals surface area contributed by atoms with Gasteiger partial charge in [0, 0.05) is 4.88 Å². The van der Waals surface area contributed by atoms with Gasteiger partial charge in [0.2, 0.25) is 11.6 Å². The van der Waals surface area contributed by atoms with Crippen molar-refractivity contribution < 1.29 is 14.3 Å². The van der Waals surface area contributed by atoms with E-state index in [0.29, 0.717) is 10.7 Å². The SMILES string of the molecule is Cc1ccc(C(=O)COC(=O)Cn2nnc(-c3cccs3)n2)s1. The molecule has 23 heavy (non-hydrogen) atoms. The predicted octanol–water partition coefficient (Wildman–Crippen LogP) is 2.20. The molecule has 0 amide bonds. The van der Waals surface area contributed by atoms with E-state index in [-0.39, 0.29) is 18.9 Å². The van der Waals surface area contributed by atoms with Crippen LogP contribution < -0.4 is 0 Å². The van der Waals surface area contributed by atoms with Crippen LogP contribution in [-0.4, -0.2) is 38.6 Å². The molecule has 3 rings (SSSR count). The van der Waals surface area contributed by atoms with Crippen LogP contribution in [0, 0.1) is 6.92 Å². The average Bonchev–Trinajstić information content (AvgIpc) is 3.25. The highest BCUT2D eigenvalue weighted by Crippen LogP contribution is 2.19. The fraction of sp³-hybridized carbons (Fsp3) is 0.214. The number of thiophene rings is 2. The Labute approximate surface area is 139 Å². The van der Waals surface area contributed by atoms with Crippen LogP contribution in [0.15, 0.2) is 29.6 Å². The Balaban J connectivity index is 1.52. The average molecular weight is 348 g/mol. The molecule has 0 saturated carbocycles. The lowest BCUT2D eigenvalue weighted by Gasteiger charge is -2.02. The Morgan fingerprint density at radius 2 is 2.17 bits per heavy atom. The third-order valence-corrected chi connectivity index (χ3v) is 4.75. The van der Waals surface area contributed by atoms with Gasteiger partial charge in [0.25, 0.3) is 0 Å².